The van der Waals surface area contributed by atoms with E-state index in [9.17, 15) is 9.90 Å². The number of hydrogen-bond acceptors (Lipinski definition) is 4. The van der Waals surface area contributed by atoms with Crippen LogP contribution in [0.3, 0.4) is 0 Å². The maximum absolute atomic E-state index is 12.2. The van der Waals surface area contributed by atoms with Crippen LogP contribution in [-0.4, -0.2) is 32.1 Å². The molecule has 6 nitrogen and oxygen atoms in total. The van der Waals surface area contributed by atoms with Gasteiger partial charge in [-0.2, -0.15) is 0 Å². The summed E-state index contributed by atoms with van der Waals surface area (Å²) < 4.78 is 0.868. The fourth-order valence-corrected chi connectivity index (χ4v) is 4.17. The van der Waals surface area contributed by atoms with Crippen molar-refractivity contribution in [2.75, 3.05) is 5.32 Å². The van der Waals surface area contributed by atoms with Crippen molar-refractivity contribution in [3.05, 3.63) is 89.0 Å². The first-order valence-electron chi connectivity index (χ1n) is 10.2. The van der Waals surface area contributed by atoms with Gasteiger partial charge in [-0.05, 0) is 29.8 Å². The van der Waals surface area contributed by atoms with E-state index in [1.54, 1.807) is 0 Å². The van der Waals surface area contributed by atoms with Gasteiger partial charge in [0.15, 0.2) is 5.82 Å². The third kappa shape index (κ3) is 3.94. The molecule has 32 heavy (non-hydrogen) atoms. The van der Waals surface area contributed by atoms with Gasteiger partial charge in [0.25, 0.3) is 0 Å². The predicted molar refractivity (Wildman–Crippen MR) is 130 cm³/mol. The second-order valence-corrected chi connectivity index (χ2v) is 8.44. The Bertz CT molecular complexity index is 1430. The Morgan fingerprint density at radius 3 is 2.59 bits per heavy atom. The summed E-state index contributed by atoms with van der Waals surface area (Å²) in [5.74, 6) is 0.0832. The van der Waals surface area contributed by atoms with Crippen molar-refractivity contribution in [1.29, 1.82) is 0 Å². The largest absolute Gasteiger partial charge is 0.480 e. The van der Waals surface area contributed by atoms with Gasteiger partial charge < -0.3 is 15.4 Å². The third-order valence-electron chi connectivity index (χ3n) is 5.40. The average Bonchev–Trinajstić information content (AvgIpc) is 3.22. The number of halogens is 1. The van der Waals surface area contributed by atoms with Crippen molar-refractivity contribution in [2.24, 2.45) is 0 Å². The van der Waals surface area contributed by atoms with Gasteiger partial charge in [0.1, 0.15) is 11.9 Å². The number of aliphatic carboxylic acids is 1. The standard InChI is InChI=1S/C25H19BrN4O2/c26-17-10-11-21-19(13-17)24(30-23(28-21)15-6-2-1-3-7-15)29-22(25(31)32)12-16-14-27-20-9-5-4-8-18(16)20/h1-11,13-14,22,27H,12H2,(H,31,32)(H,28,29,30)/t22-/m0/s1. The van der Waals surface area contributed by atoms with Crippen molar-refractivity contribution in [3.63, 3.8) is 0 Å². The summed E-state index contributed by atoms with van der Waals surface area (Å²) in [4.78, 5) is 24.8. The molecular weight excluding hydrogens is 468 g/mol. The van der Waals surface area contributed by atoms with Gasteiger partial charge in [-0.1, -0.05) is 64.5 Å². The van der Waals surface area contributed by atoms with Crippen LogP contribution in [0.25, 0.3) is 33.2 Å². The van der Waals surface area contributed by atoms with E-state index in [1.165, 1.54) is 0 Å². The Balaban J connectivity index is 1.57. The molecule has 0 saturated heterocycles. The second kappa shape index (κ2) is 8.43. The minimum absolute atomic E-state index is 0.305. The normalized spacial score (nSPS) is 12.2. The third-order valence-corrected chi connectivity index (χ3v) is 5.89. The first kappa shape index (κ1) is 20.2. The number of rotatable bonds is 6. The molecule has 0 spiro atoms. The number of para-hydroxylation sites is 1. The molecule has 1 atom stereocenters. The first-order valence-corrected chi connectivity index (χ1v) is 10.9. The van der Waals surface area contributed by atoms with Gasteiger partial charge in [-0.25, -0.2) is 14.8 Å². The van der Waals surface area contributed by atoms with Crippen molar-refractivity contribution < 1.29 is 9.90 Å². The molecule has 2 aromatic heterocycles. The summed E-state index contributed by atoms with van der Waals surface area (Å²) in [7, 11) is 0. The smallest absolute Gasteiger partial charge is 0.326 e. The number of H-pyrrole nitrogens is 1. The van der Waals surface area contributed by atoms with E-state index < -0.39 is 12.0 Å². The summed E-state index contributed by atoms with van der Waals surface area (Å²) in [5, 5.41) is 14.9. The summed E-state index contributed by atoms with van der Waals surface area (Å²) in [6.07, 6.45) is 2.17. The number of nitrogens with one attached hydrogen (secondary N) is 2. The Morgan fingerprint density at radius 2 is 1.78 bits per heavy atom. The van der Waals surface area contributed by atoms with Crippen molar-refractivity contribution in [1.82, 2.24) is 15.0 Å². The lowest BCUT2D eigenvalue weighted by Gasteiger charge is -2.17. The Kier molecular flexibility index (Phi) is 5.33. The monoisotopic (exact) mass is 486 g/mol. The first-order chi connectivity index (χ1) is 15.6. The molecule has 0 bridgehead atoms. The lowest BCUT2D eigenvalue weighted by atomic mass is 10.0. The molecular formula is C25H19BrN4O2. The summed E-state index contributed by atoms with van der Waals surface area (Å²) in [5.41, 5.74) is 3.52. The van der Waals surface area contributed by atoms with E-state index in [-0.39, 0.29) is 0 Å². The summed E-state index contributed by atoms with van der Waals surface area (Å²) in [6, 6.07) is 22.4. The molecule has 3 N–H and O–H groups in total. The maximum Gasteiger partial charge on any atom is 0.326 e. The molecule has 3 aromatic carbocycles. The van der Waals surface area contributed by atoms with E-state index >= 15 is 0 Å². The zero-order chi connectivity index (χ0) is 22.1. The van der Waals surface area contributed by atoms with Crippen LogP contribution in [0.2, 0.25) is 0 Å². The molecule has 2 heterocycles. The fourth-order valence-electron chi connectivity index (χ4n) is 3.81. The van der Waals surface area contributed by atoms with E-state index in [1.807, 2.05) is 79.0 Å². The highest BCUT2D eigenvalue weighted by Crippen LogP contribution is 2.29. The molecule has 5 aromatic rings. The predicted octanol–water partition coefficient (Wildman–Crippen LogP) is 5.65. The van der Waals surface area contributed by atoms with Crippen LogP contribution in [0.5, 0.6) is 0 Å². The summed E-state index contributed by atoms with van der Waals surface area (Å²) in [6.45, 7) is 0. The molecule has 0 amide bonds. The van der Waals surface area contributed by atoms with Crippen molar-refractivity contribution in [2.45, 2.75) is 12.5 Å². The Labute approximate surface area is 192 Å². The number of anilines is 1. The number of carbonyl (C=O) groups is 1. The number of carboxylic acids is 1. The number of nitrogens with zero attached hydrogens (tertiary/aromatic N) is 2. The molecule has 0 radical (unpaired) electrons. The molecule has 0 fully saturated rings. The van der Waals surface area contributed by atoms with Crippen molar-refractivity contribution in [3.8, 4) is 11.4 Å². The number of benzene rings is 3. The number of aromatic nitrogens is 3. The maximum atomic E-state index is 12.2. The molecule has 0 aliphatic heterocycles. The van der Waals surface area contributed by atoms with Crippen LogP contribution in [-0.2, 0) is 11.2 Å². The number of hydrogen-bond donors (Lipinski definition) is 3. The zero-order valence-electron chi connectivity index (χ0n) is 16.9. The van der Waals surface area contributed by atoms with E-state index in [0.29, 0.717) is 18.1 Å². The number of aromatic amines is 1. The van der Waals surface area contributed by atoms with E-state index in [4.69, 9.17) is 9.97 Å². The van der Waals surface area contributed by atoms with Gasteiger partial charge in [-0.15, -0.1) is 0 Å². The molecule has 158 valence electrons. The highest BCUT2D eigenvalue weighted by Gasteiger charge is 2.22. The highest BCUT2D eigenvalue weighted by molar-refractivity contribution is 9.10. The zero-order valence-corrected chi connectivity index (χ0v) is 18.5. The van der Waals surface area contributed by atoms with Crippen molar-refractivity contribution >= 4 is 49.5 Å². The van der Waals surface area contributed by atoms with Gasteiger partial charge >= 0.3 is 5.97 Å². The van der Waals surface area contributed by atoms with Crippen LogP contribution in [0.4, 0.5) is 5.82 Å². The minimum atomic E-state index is -0.946. The second-order valence-electron chi connectivity index (χ2n) is 7.52. The lowest BCUT2D eigenvalue weighted by molar-refractivity contribution is -0.137. The Hall–Kier alpha value is -3.71. The molecule has 0 saturated carbocycles. The van der Waals surface area contributed by atoms with Gasteiger partial charge in [-0.3, -0.25) is 0 Å². The van der Waals surface area contributed by atoms with Gasteiger partial charge in [0, 0.05) is 38.9 Å². The lowest BCUT2D eigenvalue weighted by Crippen LogP contribution is -2.32. The molecule has 7 heteroatoms. The number of fused-ring (bicyclic) bond motifs is 2. The minimum Gasteiger partial charge on any atom is -0.480 e. The van der Waals surface area contributed by atoms with E-state index in [2.05, 4.69) is 26.2 Å². The molecule has 0 aliphatic carbocycles. The van der Waals surface area contributed by atoms with Gasteiger partial charge in [0.05, 0.1) is 5.52 Å². The molecule has 5 rings (SSSR count). The summed E-state index contributed by atoms with van der Waals surface area (Å²) >= 11 is 3.50. The molecule has 0 unspecified atom stereocenters. The number of carboxylic acid groups (broad SMARTS) is 1. The Morgan fingerprint density at radius 1 is 1.00 bits per heavy atom. The topological polar surface area (TPSA) is 90.9 Å². The van der Waals surface area contributed by atoms with Crippen LogP contribution in [0, 0.1) is 0 Å². The fraction of sp³-hybridized carbons (Fsp3) is 0.0800. The van der Waals surface area contributed by atoms with Crippen LogP contribution < -0.4 is 5.32 Å². The SMILES string of the molecule is O=C(O)[C@H](Cc1c[nH]c2ccccc12)Nc1nc(-c2ccccc2)nc2ccc(Br)cc12. The van der Waals surface area contributed by atoms with E-state index in [0.717, 1.165) is 37.4 Å². The van der Waals surface area contributed by atoms with Crippen LogP contribution >= 0.6 is 15.9 Å². The quantitative estimate of drug-likeness (QED) is 0.288. The van der Waals surface area contributed by atoms with Crippen LogP contribution in [0.15, 0.2) is 83.5 Å². The van der Waals surface area contributed by atoms with Crippen LogP contribution in [0.1, 0.15) is 5.56 Å². The molecule has 0 aliphatic rings. The van der Waals surface area contributed by atoms with Gasteiger partial charge in [0.2, 0.25) is 0 Å². The highest BCUT2D eigenvalue weighted by atomic mass is 79.9. The average molecular weight is 487 g/mol.